The van der Waals surface area contributed by atoms with Crippen LogP contribution in [0.3, 0.4) is 0 Å². The third-order valence-corrected chi connectivity index (χ3v) is 2.55. The van der Waals surface area contributed by atoms with E-state index >= 15 is 0 Å². The molecule has 0 fully saturated rings. The highest BCUT2D eigenvalue weighted by Gasteiger charge is 2.00. The Kier molecular flexibility index (Phi) is 4.57. The van der Waals surface area contributed by atoms with Crippen LogP contribution < -0.4 is 5.32 Å². The molecule has 0 radical (unpaired) electrons. The third kappa shape index (κ3) is 3.12. The fraction of sp³-hybridized carbons (Fsp3) is 0.167. The molecule has 0 bridgehead atoms. The molecule has 0 atom stereocenters. The summed E-state index contributed by atoms with van der Waals surface area (Å²) in [5.41, 5.74) is 2.10. The predicted molar refractivity (Wildman–Crippen MR) is 66.5 cm³/mol. The molecule has 80 valence electrons. The fourth-order valence-corrected chi connectivity index (χ4v) is 1.64. The number of hydrogen-bond acceptors (Lipinski definition) is 3. The van der Waals surface area contributed by atoms with Crippen LogP contribution in [-0.4, -0.2) is 0 Å². The number of benzene rings is 1. The maximum Gasteiger partial charge on any atom is 0.145 e. The maximum absolute atomic E-state index is 8.59. The second-order valence-electron chi connectivity index (χ2n) is 3.08. The highest BCUT2D eigenvalue weighted by atomic mass is 79.9. The highest BCUT2D eigenvalue weighted by molar-refractivity contribution is 9.10. The first-order valence-electron chi connectivity index (χ1n) is 4.76. The first kappa shape index (κ1) is 12.3. The smallest absolute Gasteiger partial charge is 0.145 e. The number of halogens is 1. The summed E-state index contributed by atoms with van der Waals surface area (Å²) in [6.07, 6.45) is 2.30. The lowest BCUT2D eigenvalue weighted by Gasteiger charge is -2.07. The molecular formula is C12H10BrN3. The number of anilines is 1. The van der Waals surface area contributed by atoms with E-state index in [0.717, 1.165) is 22.1 Å². The summed E-state index contributed by atoms with van der Waals surface area (Å²) in [7, 11) is 0. The van der Waals surface area contributed by atoms with Gasteiger partial charge < -0.3 is 5.32 Å². The van der Waals surface area contributed by atoms with E-state index in [2.05, 4.69) is 21.2 Å². The quantitative estimate of drug-likeness (QED) is 0.861. The van der Waals surface area contributed by atoms with Gasteiger partial charge in [-0.2, -0.15) is 10.5 Å². The van der Waals surface area contributed by atoms with Gasteiger partial charge in [0.05, 0.1) is 0 Å². The van der Waals surface area contributed by atoms with Gasteiger partial charge in [-0.15, -0.1) is 0 Å². The second-order valence-corrected chi connectivity index (χ2v) is 4.00. The molecule has 0 aliphatic heterocycles. The standard InChI is InChI=1S/C12H10BrN3/c1-2-10-5-11(13)3-4-12(10)16-8-9(6-14)7-15/h3-5,8,16H,2H2,1H3. The minimum atomic E-state index is 0.0602. The second kappa shape index (κ2) is 5.95. The number of allylic oxidation sites excluding steroid dienone is 1. The zero-order valence-electron chi connectivity index (χ0n) is 8.79. The molecule has 0 amide bonds. The lowest BCUT2D eigenvalue weighted by atomic mass is 10.1. The van der Waals surface area contributed by atoms with Crippen molar-refractivity contribution >= 4 is 21.6 Å². The van der Waals surface area contributed by atoms with Crippen molar-refractivity contribution in [3.8, 4) is 12.1 Å². The van der Waals surface area contributed by atoms with Crippen LogP contribution in [-0.2, 0) is 6.42 Å². The van der Waals surface area contributed by atoms with Gasteiger partial charge in [-0.1, -0.05) is 22.9 Å². The number of nitriles is 2. The summed E-state index contributed by atoms with van der Waals surface area (Å²) in [6, 6.07) is 9.43. The predicted octanol–water partition coefficient (Wildman–Crippen LogP) is 3.35. The number of nitrogens with one attached hydrogen (secondary N) is 1. The summed E-state index contributed by atoms with van der Waals surface area (Å²) >= 11 is 3.40. The molecule has 0 aliphatic rings. The molecule has 0 unspecified atom stereocenters. The molecule has 0 saturated carbocycles. The molecule has 1 aromatic rings. The topological polar surface area (TPSA) is 59.6 Å². The van der Waals surface area contributed by atoms with Gasteiger partial charge in [0.25, 0.3) is 0 Å². The lowest BCUT2D eigenvalue weighted by molar-refractivity contribution is 1.14. The Bertz CT molecular complexity index is 476. The Morgan fingerprint density at radius 3 is 2.69 bits per heavy atom. The molecular weight excluding hydrogens is 266 g/mol. The van der Waals surface area contributed by atoms with E-state index in [-0.39, 0.29) is 5.57 Å². The van der Waals surface area contributed by atoms with Crippen molar-refractivity contribution in [1.82, 2.24) is 0 Å². The fourth-order valence-electron chi connectivity index (χ4n) is 1.24. The van der Waals surface area contributed by atoms with Gasteiger partial charge in [0.2, 0.25) is 0 Å². The Balaban J connectivity index is 2.95. The van der Waals surface area contributed by atoms with Crippen LogP contribution in [0.2, 0.25) is 0 Å². The summed E-state index contributed by atoms with van der Waals surface area (Å²) < 4.78 is 1.01. The van der Waals surface area contributed by atoms with Crippen LogP contribution in [0.25, 0.3) is 0 Å². The Labute approximate surface area is 103 Å². The van der Waals surface area contributed by atoms with E-state index in [1.807, 2.05) is 25.1 Å². The van der Waals surface area contributed by atoms with Gasteiger partial charge in [0.1, 0.15) is 17.7 Å². The molecule has 1 aromatic carbocycles. The molecule has 16 heavy (non-hydrogen) atoms. The van der Waals surface area contributed by atoms with Crippen molar-refractivity contribution in [3.63, 3.8) is 0 Å². The number of aryl methyl sites for hydroxylation is 1. The van der Waals surface area contributed by atoms with E-state index < -0.39 is 0 Å². The largest absolute Gasteiger partial charge is 0.360 e. The summed E-state index contributed by atoms with van der Waals surface area (Å²) in [4.78, 5) is 0. The minimum absolute atomic E-state index is 0.0602. The normalized spacial score (nSPS) is 8.75. The number of rotatable bonds is 3. The van der Waals surface area contributed by atoms with Gasteiger partial charge in [-0.3, -0.25) is 0 Å². The van der Waals surface area contributed by atoms with Crippen molar-refractivity contribution in [2.45, 2.75) is 13.3 Å². The van der Waals surface area contributed by atoms with E-state index in [1.54, 1.807) is 12.1 Å². The molecule has 0 saturated heterocycles. The van der Waals surface area contributed by atoms with Crippen molar-refractivity contribution in [3.05, 3.63) is 40.0 Å². The highest BCUT2D eigenvalue weighted by Crippen LogP contribution is 2.21. The first-order chi connectivity index (χ1) is 7.71. The van der Waals surface area contributed by atoms with Crippen LogP contribution in [0, 0.1) is 22.7 Å². The number of hydrogen-bond donors (Lipinski definition) is 1. The zero-order valence-corrected chi connectivity index (χ0v) is 10.4. The van der Waals surface area contributed by atoms with Crippen LogP contribution in [0.5, 0.6) is 0 Å². The van der Waals surface area contributed by atoms with Crippen molar-refractivity contribution < 1.29 is 0 Å². The monoisotopic (exact) mass is 275 g/mol. The molecule has 0 aliphatic carbocycles. The van der Waals surface area contributed by atoms with Crippen LogP contribution in [0.15, 0.2) is 34.4 Å². The molecule has 3 nitrogen and oxygen atoms in total. The maximum atomic E-state index is 8.59. The molecule has 1 N–H and O–H groups in total. The molecule has 0 aromatic heterocycles. The van der Waals surface area contributed by atoms with E-state index in [0.29, 0.717) is 0 Å². The lowest BCUT2D eigenvalue weighted by Crippen LogP contribution is -1.94. The van der Waals surface area contributed by atoms with Gasteiger partial charge >= 0.3 is 0 Å². The third-order valence-electron chi connectivity index (χ3n) is 2.06. The Hall–Kier alpha value is -1.78. The van der Waals surface area contributed by atoms with Crippen LogP contribution in [0.4, 0.5) is 5.69 Å². The Morgan fingerprint density at radius 1 is 1.44 bits per heavy atom. The van der Waals surface area contributed by atoms with Gasteiger partial charge in [0, 0.05) is 16.4 Å². The first-order valence-corrected chi connectivity index (χ1v) is 5.56. The van der Waals surface area contributed by atoms with Gasteiger partial charge in [-0.25, -0.2) is 0 Å². The SMILES string of the molecule is CCc1cc(Br)ccc1NC=C(C#N)C#N. The number of nitrogens with zero attached hydrogens (tertiary/aromatic N) is 2. The Morgan fingerprint density at radius 2 is 2.12 bits per heavy atom. The molecule has 0 heterocycles. The average Bonchev–Trinajstić information content (AvgIpc) is 2.31. The van der Waals surface area contributed by atoms with Gasteiger partial charge in [-0.05, 0) is 30.2 Å². The van der Waals surface area contributed by atoms with E-state index in [4.69, 9.17) is 10.5 Å². The van der Waals surface area contributed by atoms with Crippen molar-refractivity contribution in [1.29, 1.82) is 10.5 Å². The van der Waals surface area contributed by atoms with Crippen molar-refractivity contribution in [2.24, 2.45) is 0 Å². The minimum Gasteiger partial charge on any atom is -0.360 e. The van der Waals surface area contributed by atoms with Crippen LogP contribution in [0.1, 0.15) is 12.5 Å². The molecule has 0 spiro atoms. The van der Waals surface area contributed by atoms with Crippen LogP contribution >= 0.6 is 15.9 Å². The van der Waals surface area contributed by atoms with Gasteiger partial charge in [0.15, 0.2) is 0 Å². The summed E-state index contributed by atoms with van der Waals surface area (Å²) in [5, 5.41) is 20.1. The van der Waals surface area contributed by atoms with E-state index in [1.165, 1.54) is 6.20 Å². The van der Waals surface area contributed by atoms with E-state index in [9.17, 15) is 0 Å². The molecule has 1 rings (SSSR count). The molecule has 4 heteroatoms. The summed E-state index contributed by atoms with van der Waals surface area (Å²) in [5.74, 6) is 0. The zero-order chi connectivity index (χ0) is 12.0. The average molecular weight is 276 g/mol. The summed E-state index contributed by atoms with van der Waals surface area (Å²) in [6.45, 7) is 2.05. The van der Waals surface area contributed by atoms with Crippen molar-refractivity contribution in [2.75, 3.05) is 5.32 Å².